The lowest BCUT2D eigenvalue weighted by molar-refractivity contribution is 0.895. The number of anilines is 1. The van der Waals surface area contributed by atoms with E-state index in [-0.39, 0.29) is 0 Å². The van der Waals surface area contributed by atoms with Crippen LogP contribution in [-0.4, -0.2) is 24.1 Å². The van der Waals surface area contributed by atoms with Gasteiger partial charge in [0, 0.05) is 19.7 Å². The van der Waals surface area contributed by atoms with Gasteiger partial charge in [0.15, 0.2) is 0 Å². The van der Waals surface area contributed by atoms with Crippen LogP contribution in [0.15, 0.2) is 0 Å². The zero-order chi connectivity index (χ0) is 10.1. The Morgan fingerprint density at radius 2 is 2.07 bits per heavy atom. The maximum absolute atomic E-state index is 8.95. The van der Waals surface area contributed by atoms with Crippen LogP contribution in [0.3, 0.4) is 0 Å². The van der Waals surface area contributed by atoms with Crippen LogP contribution < -0.4 is 4.90 Å². The molecule has 1 aromatic heterocycles. The van der Waals surface area contributed by atoms with Gasteiger partial charge in [-0.3, -0.25) is 0 Å². The molecule has 1 heterocycles. The van der Waals surface area contributed by atoms with Crippen LogP contribution in [0.2, 0.25) is 0 Å². The van der Waals surface area contributed by atoms with Crippen molar-refractivity contribution in [3.63, 3.8) is 0 Å². The minimum Gasteiger partial charge on any atom is -0.347 e. The van der Waals surface area contributed by atoms with Crippen LogP contribution in [0.1, 0.15) is 23.4 Å². The fourth-order valence-corrected chi connectivity index (χ4v) is 1.71. The van der Waals surface area contributed by atoms with Gasteiger partial charge in [0.05, 0.1) is 5.69 Å². The lowest BCUT2D eigenvalue weighted by atomic mass is 10.2. The van der Waals surface area contributed by atoms with E-state index in [0.29, 0.717) is 11.6 Å². The summed E-state index contributed by atoms with van der Waals surface area (Å²) in [6.07, 6.45) is 3.02. The molecule has 0 aliphatic heterocycles. The first-order chi connectivity index (χ1) is 6.72. The first kappa shape index (κ1) is 8.95. The second-order valence-corrected chi connectivity index (χ2v) is 3.66. The molecule has 0 unspecified atom stereocenters. The van der Waals surface area contributed by atoms with Crippen molar-refractivity contribution >= 4 is 5.95 Å². The summed E-state index contributed by atoms with van der Waals surface area (Å²) in [4.78, 5) is 10.5. The van der Waals surface area contributed by atoms with Crippen molar-refractivity contribution in [2.45, 2.75) is 19.3 Å². The number of aryl methyl sites for hydroxylation is 1. The molecule has 0 aromatic carbocycles. The summed E-state index contributed by atoms with van der Waals surface area (Å²) in [5, 5.41) is 8.95. The molecule has 4 nitrogen and oxygen atoms in total. The highest BCUT2D eigenvalue weighted by Crippen LogP contribution is 2.23. The SMILES string of the molecule is CN(C)c1nc(C#N)c2c(n1)CCC2. The number of nitriles is 1. The number of aromatic nitrogens is 2. The number of hydrogen-bond acceptors (Lipinski definition) is 4. The molecule has 0 spiro atoms. The minimum atomic E-state index is 0.552. The molecule has 0 saturated carbocycles. The molecule has 1 aliphatic carbocycles. The number of rotatable bonds is 1. The van der Waals surface area contributed by atoms with E-state index < -0.39 is 0 Å². The molecular formula is C10H12N4. The van der Waals surface area contributed by atoms with E-state index >= 15 is 0 Å². The van der Waals surface area contributed by atoms with E-state index in [1.165, 1.54) is 0 Å². The maximum atomic E-state index is 8.95. The molecule has 0 saturated heterocycles. The Morgan fingerprint density at radius 1 is 1.29 bits per heavy atom. The van der Waals surface area contributed by atoms with E-state index in [9.17, 15) is 0 Å². The van der Waals surface area contributed by atoms with Crippen LogP contribution in [0.5, 0.6) is 0 Å². The first-order valence-corrected chi connectivity index (χ1v) is 4.69. The van der Waals surface area contributed by atoms with Gasteiger partial charge in [-0.05, 0) is 19.3 Å². The molecule has 0 N–H and O–H groups in total. The van der Waals surface area contributed by atoms with E-state index in [1.807, 2.05) is 19.0 Å². The number of fused-ring (bicyclic) bond motifs is 1. The monoisotopic (exact) mass is 188 g/mol. The molecule has 0 amide bonds. The summed E-state index contributed by atoms with van der Waals surface area (Å²) in [7, 11) is 3.77. The highest BCUT2D eigenvalue weighted by Gasteiger charge is 2.19. The van der Waals surface area contributed by atoms with Gasteiger partial charge < -0.3 is 4.90 Å². The normalized spacial score (nSPS) is 13.5. The topological polar surface area (TPSA) is 52.8 Å². The molecule has 0 atom stereocenters. The van der Waals surface area contributed by atoms with Crippen molar-refractivity contribution in [3.05, 3.63) is 17.0 Å². The predicted molar refractivity (Wildman–Crippen MR) is 53.1 cm³/mol. The van der Waals surface area contributed by atoms with Crippen LogP contribution in [0.4, 0.5) is 5.95 Å². The molecule has 14 heavy (non-hydrogen) atoms. The van der Waals surface area contributed by atoms with Gasteiger partial charge in [0.2, 0.25) is 5.95 Å². The van der Waals surface area contributed by atoms with E-state index in [0.717, 1.165) is 30.5 Å². The van der Waals surface area contributed by atoms with E-state index in [2.05, 4.69) is 16.0 Å². The Kier molecular flexibility index (Phi) is 2.08. The quantitative estimate of drug-likeness (QED) is 0.657. The van der Waals surface area contributed by atoms with Gasteiger partial charge in [-0.1, -0.05) is 0 Å². The lowest BCUT2D eigenvalue weighted by Gasteiger charge is -2.11. The summed E-state index contributed by atoms with van der Waals surface area (Å²) >= 11 is 0. The van der Waals surface area contributed by atoms with Crippen LogP contribution >= 0.6 is 0 Å². The van der Waals surface area contributed by atoms with Crippen molar-refractivity contribution in [1.29, 1.82) is 5.26 Å². The lowest BCUT2D eigenvalue weighted by Crippen LogP contribution is -2.15. The van der Waals surface area contributed by atoms with E-state index in [4.69, 9.17) is 5.26 Å². The molecule has 72 valence electrons. The predicted octanol–water partition coefficient (Wildman–Crippen LogP) is 0.903. The molecule has 0 fully saturated rings. The van der Waals surface area contributed by atoms with Crippen LogP contribution in [0.25, 0.3) is 0 Å². The Morgan fingerprint density at radius 3 is 2.71 bits per heavy atom. The molecule has 4 heteroatoms. The third-order valence-electron chi connectivity index (χ3n) is 2.43. The van der Waals surface area contributed by atoms with Crippen molar-refractivity contribution in [3.8, 4) is 6.07 Å². The number of hydrogen-bond donors (Lipinski definition) is 0. The second-order valence-electron chi connectivity index (χ2n) is 3.66. The maximum Gasteiger partial charge on any atom is 0.226 e. The van der Waals surface area contributed by atoms with Gasteiger partial charge in [0.1, 0.15) is 11.8 Å². The summed E-state index contributed by atoms with van der Waals surface area (Å²) in [6.45, 7) is 0. The zero-order valence-corrected chi connectivity index (χ0v) is 8.41. The Bertz CT molecular complexity index is 403. The first-order valence-electron chi connectivity index (χ1n) is 4.69. The van der Waals surface area contributed by atoms with Crippen molar-refractivity contribution in [2.24, 2.45) is 0 Å². The van der Waals surface area contributed by atoms with Gasteiger partial charge in [-0.2, -0.15) is 5.26 Å². The highest BCUT2D eigenvalue weighted by atomic mass is 15.2. The summed E-state index contributed by atoms with van der Waals surface area (Å²) < 4.78 is 0. The van der Waals surface area contributed by atoms with E-state index in [1.54, 1.807) is 0 Å². The van der Waals surface area contributed by atoms with Gasteiger partial charge in [0.25, 0.3) is 0 Å². The smallest absolute Gasteiger partial charge is 0.226 e. The highest BCUT2D eigenvalue weighted by molar-refractivity contribution is 5.43. The van der Waals surface area contributed by atoms with Crippen molar-refractivity contribution in [1.82, 2.24) is 9.97 Å². The zero-order valence-electron chi connectivity index (χ0n) is 8.41. The Labute approximate surface area is 83.2 Å². The Hall–Kier alpha value is -1.63. The second kappa shape index (κ2) is 3.26. The van der Waals surface area contributed by atoms with Crippen LogP contribution in [-0.2, 0) is 12.8 Å². The largest absolute Gasteiger partial charge is 0.347 e. The molecular weight excluding hydrogens is 176 g/mol. The fourth-order valence-electron chi connectivity index (χ4n) is 1.71. The van der Waals surface area contributed by atoms with Gasteiger partial charge >= 0.3 is 0 Å². The molecule has 1 aromatic rings. The van der Waals surface area contributed by atoms with Crippen LogP contribution in [0, 0.1) is 11.3 Å². The molecule has 1 aliphatic rings. The molecule has 2 rings (SSSR count). The summed E-state index contributed by atoms with van der Waals surface area (Å²) in [5.41, 5.74) is 2.66. The summed E-state index contributed by atoms with van der Waals surface area (Å²) in [5.74, 6) is 0.641. The summed E-state index contributed by atoms with van der Waals surface area (Å²) in [6, 6.07) is 2.14. The molecule has 0 bridgehead atoms. The number of nitrogens with zero attached hydrogens (tertiary/aromatic N) is 4. The van der Waals surface area contributed by atoms with Gasteiger partial charge in [-0.25, -0.2) is 9.97 Å². The standard InChI is InChI=1S/C10H12N4/c1-14(2)10-12-8-5-3-4-7(8)9(6-11)13-10/h3-5H2,1-2H3. The fraction of sp³-hybridized carbons (Fsp3) is 0.500. The minimum absolute atomic E-state index is 0.552. The van der Waals surface area contributed by atoms with Crippen molar-refractivity contribution in [2.75, 3.05) is 19.0 Å². The molecule has 0 radical (unpaired) electrons. The third kappa shape index (κ3) is 1.31. The Balaban J connectivity index is 2.56. The van der Waals surface area contributed by atoms with Gasteiger partial charge in [-0.15, -0.1) is 0 Å². The van der Waals surface area contributed by atoms with Crippen molar-refractivity contribution < 1.29 is 0 Å². The average molecular weight is 188 g/mol. The average Bonchev–Trinajstić information content (AvgIpc) is 2.63. The third-order valence-corrected chi connectivity index (χ3v) is 2.43.